The van der Waals surface area contributed by atoms with Gasteiger partial charge in [0.15, 0.2) is 0 Å². The maximum absolute atomic E-state index is 12.4. The third-order valence-electron chi connectivity index (χ3n) is 5.20. The van der Waals surface area contributed by atoms with Crippen molar-refractivity contribution in [1.29, 1.82) is 0 Å². The number of nitrogens with one attached hydrogen (secondary N) is 2. The van der Waals surface area contributed by atoms with Gasteiger partial charge in [0.1, 0.15) is 5.69 Å². The van der Waals surface area contributed by atoms with Crippen LogP contribution in [-0.4, -0.2) is 65.3 Å². The van der Waals surface area contributed by atoms with Gasteiger partial charge >= 0.3 is 0 Å². The molecule has 2 aliphatic heterocycles. The summed E-state index contributed by atoms with van der Waals surface area (Å²) >= 11 is 0. The lowest BCUT2D eigenvalue weighted by Gasteiger charge is -2.35. The topological polar surface area (TPSA) is 113 Å². The molecule has 1 aromatic heterocycles. The molecule has 8 heteroatoms. The number of amides is 2. The van der Waals surface area contributed by atoms with Crippen molar-refractivity contribution >= 4 is 11.8 Å². The SMILES string of the molecule is C[C@H](C(=O)NC[C@H]1CCCO1)N1CCC[C@H](c2cc(C(N)=O)n[nH]2)C1. The number of aromatic amines is 1. The van der Waals surface area contributed by atoms with Gasteiger partial charge in [0.25, 0.3) is 5.91 Å². The van der Waals surface area contributed by atoms with Crippen LogP contribution in [-0.2, 0) is 9.53 Å². The summed E-state index contributed by atoms with van der Waals surface area (Å²) in [5.74, 6) is -0.265. The number of primary amides is 1. The third-order valence-corrected chi connectivity index (χ3v) is 5.20. The zero-order valence-corrected chi connectivity index (χ0v) is 14.7. The van der Waals surface area contributed by atoms with Crippen LogP contribution in [0.3, 0.4) is 0 Å². The maximum atomic E-state index is 12.4. The molecule has 25 heavy (non-hydrogen) atoms. The zero-order chi connectivity index (χ0) is 17.8. The first-order chi connectivity index (χ1) is 12.0. The second-order valence-corrected chi connectivity index (χ2v) is 6.96. The number of carbonyl (C=O) groups excluding carboxylic acids is 2. The lowest BCUT2D eigenvalue weighted by Crippen LogP contribution is -2.49. The summed E-state index contributed by atoms with van der Waals surface area (Å²) in [5.41, 5.74) is 6.43. The largest absolute Gasteiger partial charge is 0.376 e. The monoisotopic (exact) mass is 349 g/mol. The first kappa shape index (κ1) is 17.9. The lowest BCUT2D eigenvalue weighted by atomic mass is 9.93. The number of nitrogens with two attached hydrogens (primary N) is 1. The van der Waals surface area contributed by atoms with E-state index in [-0.39, 0.29) is 29.7 Å². The fourth-order valence-corrected chi connectivity index (χ4v) is 3.62. The van der Waals surface area contributed by atoms with Crippen LogP contribution in [0, 0.1) is 0 Å². The molecule has 2 amide bonds. The average Bonchev–Trinajstić information content (AvgIpc) is 3.30. The van der Waals surface area contributed by atoms with Gasteiger partial charge in [-0.25, -0.2) is 0 Å². The van der Waals surface area contributed by atoms with Gasteiger partial charge < -0.3 is 15.8 Å². The van der Waals surface area contributed by atoms with Crippen LogP contribution in [0.1, 0.15) is 54.7 Å². The Kier molecular flexibility index (Phi) is 5.70. The van der Waals surface area contributed by atoms with Crippen LogP contribution in [0.4, 0.5) is 0 Å². The Morgan fingerprint density at radius 3 is 3.00 bits per heavy atom. The zero-order valence-electron chi connectivity index (χ0n) is 14.7. The molecule has 0 aliphatic carbocycles. The quantitative estimate of drug-likeness (QED) is 0.687. The van der Waals surface area contributed by atoms with Gasteiger partial charge in [-0.2, -0.15) is 5.10 Å². The molecule has 4 N–H and O–H groups in total. The predicted molar refractivity (Wildman–Crippen MR) is 92.1 cm³/mol. The predicted octanol–water partition coefficient (Wildman–Crippen LogP) is 0.372. The van der Waals surface area contributed by atoms with Gasteiger partial charge in [0.05, 0.1) is 12.1 Å². The highest BCUT2D eigenvalue weighted by molar-refractivity contribution is 5.90. The molecular weight excluding hydrogens is 322 g/mol. The number of likely N-dealkylation sites (tertiary alicyclic amines) is 1. The molecule has 2 saturated heterocycles. The van der Waals surface area contributed by atoms with E-state index < -0.39 is 5.91 Å². The van der Waals surface area contributed by atoms with E-state index in [9.17, 15) is 9.59 Å². The smallest absolute Gasteiger partial charge is 0.269 e. The molecule has 3 rings (SSSR count). The van der Waals surface area contributed by atoms with Crippen molar-refractivity contribution in [2.24, 2.45) is 5.73 Å². The van der Waals surface area contributed by atoms with Gasteiger partial charge in [0.2, 0.25) is 5.91 Å². The Labute approximate surface area is 147 Å². The molecule has 0 unspecified atom stereocenters. The molecule has 138 valence electrons. The number of ether oxygens (including phenoxy) is 1. The second-order valence-electron chi connectivity index (χ2n) is 6.96. The van der Waals surface area contributed by atoms with Crippen LogP contribution in [0.5, 0.6) is 0 Å². The summed E-state index contributed by atoms with van der Waals surface area (Å²) in [5, 5.41) is 9.88. The van der Waals surface area contributed by atoms with E-state index in [1.807, 2.05) is 6.92 Å². The van der Waals surface area contributed by atoms with Gasteiger partial charge in [-0.1, -0.05) is 0 Å². The number of hydrogen-bond acceptors (Lipinski definition) is 5. The van der Waals surface area contributed by atoms with Gasteiger partial charge in [-0.3, -0.25) is 19.6 Å². The molecular formula is C17H27N5O3. The van der Waals surface area contributed by atoms with Gasteiger partial charge in [0, 0.05) is 31.3 Å². The van der Waals surface area contributed by atoms with Crippen molar-refractivity contribution in [1.82, 2.24) is 20.4 Å². The third kappa shape index (κ3) is 4.38. The number of piperidine rings is 1. The summed E-state index contributed by atoms with van der Waals surface area (Å²) in [6, 6.07) is 1.53. The molecule has 3 atom stereocenters. The summed E-state index contributed by atoms with van der Waals surface area (Å²) in [6.07, 6.45) is 4.24. The molecule has 0 aromatic carbocycles. The molecule has 1 aromatic rings. The van der Waals surface area contributed by atoms with Crippen molar-refractivity contribution in [3.05, 3.63) is 17.5 Å². The first-order valence-corrected chi connectivity index (χ1v) is 9.03. The average molecular weight is 349 g/mol. The highest BCUT2D eigenvalue weighted by atomic mass is 16.5. The maximum Gasteiger partial charge on any atom is 0.269 e. The second kappa shape index (κ2) is 7.97. The Morgan fingerprint density at radius 2 is 2.32 bits per heavy atom. The molecule has 0 bridgehead atoms. The van der Waals surface area contributed by atoms with E-state index in [0.29, 0.717) is 6.54 Å². The number of aromatic nitrogens is 2. The van der Waals surface area contributed by atoms with Gasteiger partial charge in [-0.15, -0.1) is 0 Å². The van der Waals surface area contributed by atoms with Crippen molar-refractivity contribution in [2.75, 3.05) is 26.2 Å². The Hall–Kier alpha value is -1.93. The fraction of sp³-hybridized carbons (Fsp3) is 0.706. The molecule has 0 spiro atoms. The number of rotatable bonds is 6. The Morgan fingerprint density at radius 1 is 1.48 bits per heavy atom. The van der Waals surface area contributed by atoms with E-state index in [1.165, 1.54) is 0 Å². The van der Waals surface area contributed by atoms with E-state index in [4.69, 9.17) is 10.5 Å². The molecule has 2 fully saturated rings. The Balaban J connectivity index is 1.54. The van der Waals surface area contributed by atoms with E-state index in [2.05, 4.69) is 20.4 Å². The summed E-state index contributed by atoms with van der Waals surface area (Å²) in [4.78, 5) is 25.8. The highest BCUT2D eigenvalue weighted by Crippen LogP contribution is 2.27. The van der Waals surface area contributed by atoms with Crippen molar-refractivity contribution < 1.29 is 14.3 Å². The number of hydrogen-bond donors (Lipinski definition) is 3. The number of H-pyrrole nitrogens is 1. The normalized spacial score (nSPS) is 25.6. The lowest BCUT2D eigenvalue weighted by molar-refractivity contribution is -0.126. The van der Waals surface area contributed by atoms with Crippen molar-refractivity contribution in [2.45, 2.75) is 50.7 Å². The van der Waals surface area contributed by atoms with Crippen LogP contribution < -0.4 is 11.1 Å². The Bertz CT molecular complexity index is 611. The minimum Gasteiger partial charge on any atom is -0.376 e. The molecule has 0 saturated carbocycles. The standard InChI is InChI=1S/C17H27N5O3/c1-11(17(24)19-9-13-5-3-7-25-13)22-6-2-4-12(10-22)14-8-15(16(18)23)21-20-14/h8,11-13H,2-7,9-10H2,1H3,(H2,18,23)(H,19,24)(H,20,21)/t11-,12+,13-/m1/s1. The van der Waals surface area contributed by atoms with Crippen LogP contribution in [0.15, 0.2) is 6.07 Å². The van der Waals surface area contributed by atoms with Crippen LogP contribution >= 0.6 is 0 Å². The fourth-order valence-electron chi connectivity index (χ4n) is 3.62. The molecule has 2 aliphatic rings. The molecule has 3 heterocycles. The summed E-state index contributed by atoms with van der Waals surface area (Å²) in [6.45, 7) is 4.97. The van der Waals surface area contributed by atoms with Gasteiger partial charge in [-0.05, 0) is 45.2 Å². The molecule has 8 nitrogen and oxygen atoms in total. The summed E-state index contributed by atoms with van der Waals surface area (Å²) in [7, 11) is 0. The van der Waals surface area contributed by atoms with E-state index >= 15 is 0 Å². The van der Waals surface area contributed by atoms with Crippen LogP contribution in [0.25, 0.3) is 0 Å². The van der Waals surface area contributed by atoms with Crippen molar-refractivity contribution in [3.63, 3.8) is 0 Å². The minimum absolute atomic E-state index is 0.0404. The number of nitrogens with zero attached hydrogens (tertiary/aromatic N) is 2. The first-order valence-electron chi connectivity index (χ1n) is 9.03. The summed E-state index contributed by atoms with van der Waals surface area (Å²) < 4.78 is 5.55. The molecule has 0 radical (unpaired) electrons. The van der Waals surface area contributed by atoms with Crippen molar-refractivity contribution in [3.8, 4) is 0 Å². The minimum atomic E-state index is -0.531. The van der Waals surface area contributed by atoms with E-state index in [0.717, 1.165) is 51.1 Å². The number of carbonyl (C=O) groups is 2. The van der Waals surface area contributed by atoms with Crippen LogP contribution in [0.2, 0.25) is 0 Å². The van der Waals surface area contributed by atoms with E-state index in [1.54, 1.807) is 6.07 Å². The highest BCUT2D eigenvalue weighted by Gasteiger charge is 2.29.